The molecule has 1 aromatic carbocycles. The number of carbonyl (C=O) groups is 1. The van der Waals surface area contributed by atoms with Gasteiger partial charge < -0.3 is 9.84 Å². The van der Waals surface area contributed by atoms with Crippen LogP contribution in [0.2, 0.25) is 0 Å². The Balaban J connectivity index is 2.02. The number of aromatic carboxylic acids is 1. The number of hydrogen-bond acceptors (Lipinski definition) is 6. The summed E-state index contributed by atoms with van der Waals surface area (Å²) >= 11 is 1.36. The molecule has 0 aliphatic rings. The van der Waals surface area contributed by atoms with Crippen molar-refractivity contribution in [1.82, 2.24) is 20.0 Å². The Morgan fingerprint density at radius 3 is 2.82 bits per heavy atom. The van der Waals surface area contributed by atoms with Crippen LogP contribution < -0.4 is 0 Å². The Kier molecular flexibility index (Phi) is 3.94. The first kappa shape index (κ1) is 14.4. The first-order valence-electron chi connectivity index (χ1n) is 6.39. The van der Waals surface area contributed by atoms with Crippen LogP contribution in [0, 0.1) is 0 Å². The number of nitrogens with zero attached hydrogens (tertiary/aromatic N) is 4. The normalized spacial score (nSPS) is 10.8. The molecule has 0 bridgehead atoms. The van der Waals surface area contributed by atoms with E-state index in [1.54, 1.807) is 0 Å². The average Bonchev–Trinajstić information content (AvgIpc) is 3.15. The van der Waals surface area contributed by atoms with Crippen LogP contribution in [0.1, 0.15) is 16.2 Å². The monoisotopic (exact) mass is 316 g/mol. The summed E-state index contributed by atoms with van der Waals surface area (Å²) in [4.78, 5) is 15.7. The number of carboxylic acids is 1. The Morgan fingerprint density at radius 2 is 2.14 bits per heavy atom. The van der Waals surface area contributed by atoms with Crippen molar-refractivity contribution in [1.29, 1.82) is 0 Å². The van der Waals surface area contributed by atoms with E-state index < -0.39 is 5.97 Å². The van der Waals surface area contributed by atoms with E-state index in [2.05, 4.69) is 15.3 Å². The molecule has 0 fully saturated rings. The van der Waals surface area contributed by atoms with Crippen molar-refractivity contribution < 1.29 is 14.6 Å². The molecule has 0 unspecified atom stereocenters. The van der Waals surface area contributed by atoms with E-state index in [0.29, 0.717) is 10.8 Å². The van der Waals surface area contributed by atoms with E-state index in [1.807, 2.05) is 35.7 Å². The summed E-state index contributed by atoms with van der Waals surface area (Å²) in [6.45, 7) is 0.0921. The van der Waals surface area contributed by atoms with Gasteiger partial charge in [0.05, 0.1) is 12.3 Å². The molecule has 0 radical (unpaired) electrons. The van der Waals surface area contributed by atoms with Gasteiger partial charge in [0.15, 0.2) is 5.69 Å². The fourth-order valence-electron chi connectivity index (χ4n) is 1.99. The second-order valence-electron chi connectivity index (χ2n) is 4.42. The Labute approximate surface area is 129 Å². The van der Waals surface area contributed by atoms with E-state index in [0.717, 1.165) is 11.3 Å². The number of methoxy groups -OCH3 is 1. The molecule has 0 atom stereocenters. The van der Waals surface area contributed by atoms with Crippen molar-refractivity contribution in [2.45, 2.75) is 6.61 Å². The van der Waals surface area contributed by atoms with Gasteiger partial charge in [0.1, 0.15) is 5.69 Å². The van der Waals surface area contributed by atoms with Gasteiger partial charge in [-0.2, -0.15) is 4.68 Å². The molecule has 112 valence electrons. The van der Waals surface area contributed by atoms with Crippen LogP contribution in [-0.2, 0) is 11.3 Å². The van der Waals surface area contributed by atoms with Gasteiger partial charge >= 0.3 is 5.97 Å². The highest BCUT2D eigenvalue weighted by molar-refractivity contribution is 7.12. The third kappa shape index (κ3) is 2.61. The van der Waals surface area contributed by atoms with Gasteiger partial charge in [-0.15, -0.1) is 16.4 Å². The maximum atomic E-state index is 11.2. The predicted molar refractivity (Wildman–Crippen MR) is 80.1 cm³/mol. The number of aromatic nitrogens is 4. The van der Waals surface area contributed by atoms with Gasteiger partial charge in [0.25, 0.3) is 0 Å². The molecular formula is C14H12N4O3S. The molecule has 2 aromatic heterocycles. The second-order valence-corrected chi connectivity index (χ2v) is 5.25. The highest BCUT2D eigenvalue weighted by Crippen LogP contribution is 2.25. The highest BCUT2D eigenvalue weighted by Gasteiger charge is 2.21. The van der Waals surface area contributed by atoms with Gasteiger partial charge in [0, 0.05) is 18.1 Å². The highest BCUT2D eigenvalue weighted by atomic mass is 32.1. The molecule has 0 aliphatic carbocycles. The number of hydrogen-bond donors (Lipinski definition) is 1. The van der Waals surface area contributed by atoms with Crippen LogP contribution in [0.5, 0.6) is 0 Å². The minimum Gasteiger partial charge on any atom is -0.476 e. The van der Waals surface area contributed by atoms with Crippen molar-refractivity contribution >= 4 is 17.3 Å². The standard InChI is InChI=1S/C14H12N4O3S/c1-21-7-11-12(13(19)20)16-17-18(11)14-15-10(8-22-14)9-5-3-2-4-6-9/h2-6,8H,7H2,1H3,(H,19,20). The van der Waals surface area contributed by atoms with Crippen LogP contribution in [0.4, 0.5) is 0 Å². The molecule has 0 saturated heterocycles. The van der Waals surface area contributed by atoms with E-state index >= 15 is 0 Å². The minimum atomic E-state index is -1.14. The van der Waals surface area contributed by atoms with E-state index in [1.165, 1.54) is 23.1 Å². The van der Waals surface area contributed by atoms with Crippen molar-refractivity contribution in [3.63, 3.8) is 0 Å². The summed E-state index contributed by atoms with van der Waals surface area (Å²) < 4.78 is 6.45. The van der Waals surface area contributed by atoms with E-state index in [9.17, 15) is 4.79 Å². The lowest BCUT2D eigenvalue weighted by Gasteiger charge is -2.02. The third-order valence-electron chi connectivity index (χ3n) is 2.99. The van der Waals surface area contributed by atoms with Crippen LogP contribution >= 0.6 is 11.3 Å². The molecule has 2 heterocycles. The molecule has 3 rings (SSSR count). The van der Waals surface area contributed by atoms with Gasteiger partial charge in [-0.3, -0.25) is 0 Å². The number of carboxylic acid groups (broad SMARTS) is 1. The van der Waals surface area contributed by atoms with Gasteiger partial charge in [-0.25, -0.2) is 9.78 Å². The smallest absolute Gasteiger partial charge is 0.358 e. The molecule has 1 N–H and O–H groups in total. The Morgan fingerprint density at radius 1 is 1.36 bits per heavy atom. The average molecular weight is 316 g/mol. The maximum Gasteiger partial charge on any atom is 0.358 e. The predicted octanol–water partition coefficient (Wildman–Crippen LogP) is 2.24. The van der Waals surface area contributed by atoms with Crippen LogP contribution in [-0.4, -0.2) is 38.2 Å². The molecule has 7 nitrogen and oxygen atoms in total. The first-order valence-corrected chi connectivity index (χ1v) is 7.27. The summed E-state index contributed by atoms with van der Waals surface area (Å²) in [6, 6.07) is 9.72. The van der Waals surface area contributed by atoms with E-state index in [-0.39, 0.29) is 12.3 Å². The van der Waals surface area contributed by atoms with Crippen LogP contribution in [0.3, 0.4) is 0 Å². The van der Waals surface area contributed by atoms with Crippen LogP contribution in [0.15, 0.2) is 35.7 Å². The summed E-state index contributed by atoms with van der Waals surface area (Å²) in [5, 5.41) is 19.2. The molecule has 8 heteroatoms. The summed E-state index contributed by atoms with van der Waals surface area (Å²) in [7, 11) is 1.49. The molecule has 0 aliphatic heterocycles. The second kappa shape index (κ2) is 6.04. The van der Waals surface area contributed by atoms with Gasteiger partial charge in [-0.1, -0.05) is 35.5 Å². The Bertz CT molecular complexity index is 798. The van der Waals surface area contributed by atoms with E-state index in [4.69, 9.17) is 9.84 Å². The molecule has 0 saturated carbocycles. The third-order valence-corrected chi connectivity index (χ3v) is 3.81. The lowest BCUT2D eigenvalue weighted by atomic mass is 10.2. The zero-order chi connectivity index (χ0) is 15.5. The summed E-state index contributed by atoms with van der Waals surface area (Å²) in [6.07, 6.45) is 0. The minimum absolute atomic E-state index is 0.0921. The maximum absolute atomic E-state index is 11.2. The van der Waals surface area contributed by atoms with Gasteiger partial charge in [-0.05, 0) is 0 Å². The lowest BCUT2D eigenvalue weighted by molar-refractivity contribution is 0.0685. The molecule has 0 amide bonds. The fourth-order valence-corrected chi connectivity index (χ4v) is 2.79. The zero-order valence-corrected chi connectivity index (χ0v) is 12.4. The topological polar surface area (TPSA) is 90.1 Å². The van der Waals surface area contributed by atoms with Crippen molar-refractivity contribution in [2.75, 3.05) is 7.11 Å². The summed E-state index contributed by atoms with van der Waals surface area (Å²) in [5.74, 6) is -1.14. The SMILES string of the molecule is COCc1c(C(=O)O)nnn1-c1nc(-c2ccccc2)cs1. The quantitative estimate of drug-likeness (QED) is 0.776. The molecular weight excluding hydrogens is 304 g/mol. The lowest BCUT2D eigenvalue weighted by Crippen LogP contribution is -2.07. The largest absolute Gasteiger partial charge is 0.476 e. The van der Waals surface area contributed by atoms with Crippen molar-refractivity contribution in [2.24, 2.45) is 0 Å². The summed E-state index contributed by atoms with van der Waals surface area (Å²) in [5.41, 5.74) is 2.02. The number of thiazole rings is 1. The van der Waals surface area contributed by atoms with Crippen LogP contribution in [0.25, 0.3) is 16.4 Å². The van der Waals surface area contributed by atoms with Gasteiger partial charge in [0.2, 0.25) is 5.13 Å². The van der Waals surface area contributed by atoms with Crippen molar-refractivity contribution in [3.05, 3.63) is 47.1 Å². The zero-order valence-electron chi connectivity index (χ0n) is 11.6. The number of benzene rings is 1. The molecule has 3 aromatic rings. The first-order chi connectivity index (χ1) is 10.7. The fraction of sp³-hybridized carbons (Fsp3) is 0.143. The van der Waals surface area contributed by atoms with Crippen molar-refractivity contribution in [3.8, 4) is 16.4 Å². The Hall–Kier alpha value is -2.58. The number of ether oxygens (including phenoxy) is 1. The molecule has 22 heavy (non-hydrogen) atoms. The number of rotatable bonds is 5. The molecule has 0 spiro atoms.